The molecule has 8 rings (SSSR count). The molecule has 0 spiro atoms. The van der Waals surface area contributed by atoms with E-state index in [1.54, 1.807) is 12.1 Å². The van der Waals surface area contributed by atoms with E-state index >= 15 is 0 Å². The number of thioether (sulfide) groups is 1. The Balaban J connectivity index is 1.25. The van der Waals surface area contributed by atoms with Gasteiger partial charge in [-0.2, -0.15) is 4.99 Å². The van der Waals surface area contributed by atoms with Gasteiger partial charge < -0.3 is 19.8 Å². The summed E-state index contributed by atoms with van der Waals surface area (Å²) in [5.41, 5.74) is 3.32. The van der Waals surface area contributed by atoms with Gasteiger partial charge in [0.15, 0.2) is 16.7 Å². The summed E-state index contributed by atoms with van der Waals surface area (Å²) < 4.78 is 5.54. The second-order valence-corrected chi connectivity index (χ2v) is 13.1. The highest BCUT2D eigenvalue weighted by molar-refractivity contribution is 8.18. The smallest absolute Gasteiger partial charge is 0.286 e. The van der Waals surface area contributed by atoms with Crippen molar-refractivity contribution in [3.8, 4) is 28.4 Å². The summed E-state index contributed by atoms with van der Waals surface area (Å²) in [5.74, 6) is 2.86. The number of benzene rings is 2. The third-order valence-corrected chi connectivity index (χ3v) is 10.6. The summed E-state index contributed by atoms with van der Waals surface area (Å²) in [4.78, 5) is 19.7. The van der Waals surface area contributed by atoms with Crippen molar-refractivity contribution in [1.82, 2.24) is 4.90 Å². The lowest BCUT2D eigenvalue weighted by atomic mass is 9.48. The molecule has 38 heavy (non-hydrogen) atoms. The first kappa shape index (κ1) is 24.1. The first-order chi connectivity index (χ1) is 18.4. The molecule has 0 atom stereocenters. The van der Waals surface area contributed by atoms with Crippen LogP contribution in [0.1, 0.15) is 62.5 Å². The number of carbonyl (C=O) groups is 1. The van der Waals surface area contributed by atoms with Crippen molar-refractivity contribution in [2.24, 2.45) is 22.7 Å². The van der Waals surface area contributed by atoms with Crippen molar-refractivity contribution in [3.05, 3.63) is 46.4 Å². The number of amides is 1. The first-order valence-corrected chi connectivity index (χ1v) is 14.7. The van der Waals surface area contributed by atoms with Crippen LogP contribution in [-0.4, -0.2) is 46.4 Å². The number of hydrogen-bond donors (Lipinski definition) is 2. The Labute approximate surface area is 227 Å². The average Bonchev–Trinajstić information content (AvgIpc) is 3.55. The Morgan fingerprint density at radius 2 is 1.71 bits per heavy atom. The Morgan fingerprint density at radius 3 is 2.37 bits per heavy atom. The molecule has 0 radical (unpaired) electrons. The fourth-order valence-electron chi connectivity index (χ4n) is 8.25. The highest BCUT2D eigenvalue weighted by Crippen LogP contribution is 2.62. The third kappa shape index (κ3) is 4.01. The molecule has 2 heterocycles. The molecular weight excluding hydrogens is 496 g/mol. The molecule has 2 N–H and O–H groups in total. The SMILES string of the molecule is COc1cc(/C=C2\SC(N3CCCC3)=NC2=O)cc(-c2ccc(O)c(C34CC5CC(CC(C5)C3)C4)c2)c1O. The van der Waals surface area contributed by atoms with E-state index < -0.39 is 0 Å². The van der Waals surface area contributed by atoms with Gasteiger partial charge in [-0.1, -0.05) is 6.07 Å². The van der Waals surface area contributed by atoms with Crippen LogP contribution in [0, 0.1) is 17.8 Å². The molecule has 2 aliphatic heterocycles. The van der Waals surface area contributed by atoms with Gasteiger partial charge in [-0.05, 0) is 128 Å². The maximum atomic E-state index is 12.7. The number of phenols is 2. The number of aliphatic imine (C=N–C) groups is 1. The number of aromatic hydroxyl groups is 2. The molecule has 6 aliphatic rings. The van der Waals surface area contributed by atoms with E-state index in [0.717, 1.165) is 84.8 Å². The quantitative estimate of drug-likeness (QED) is 0.451. The van der Waals surface area contributed by atoms with Gasteiger partial charge in [-0.15, -0.1) is 0 Å². The minimum Gasteiger partial charge on any atom is -0.508 e. The van der Waals surface area contributed by atoms with Gasteiger partial charge in [0.25, 0.3) is 5.91 Å². The molecule has 198 valence electrons. The number of amidine groups is 1. The topological polar surface area (TPSA) is 82.4 Å². The second kappa shape index (κ2) is 9.08. The lowest BCUT2D eigenvalue weighted by molar-refractivity contribution is -0.113. The van der Waals surface area contributed by atoms with Crippen LogP contribution in [0.4, 0.5) is 0 Å². The highest BCUT2D eigenvalue weighted by atomic mass is 32.2. The van der Waals surface area contributed by atoms with Crippen molar-refractivity contribution in [2.75, 3.05) is 20.2 Å². The molecule has 0 aromatic heterocycles. The average molecular weight is 531 g/mol. The Hall–Kier alpha value is -2.93. The second-order valence-electron chi connectivity index (χ2n) is 12.1. The number of carbonyl (C=O) groups excluding carboxylic acids is 1. The summed E-state index contributed by atoms with van der Waals surface area (Å²) in [5, 5.41) is 23.0. The van der Waals surface area contributed by atoms with Gasteiger partial charge >= 0.3 is 0 Å². The maximum Gasteiger partial charge on any atom is 0.286 e. The van der Waals surface area contributed by atoms with Crippen molar-refractivity contribution in [1.29, 1.82) is 0 Å². The van der Waals surface area contributed by atoms with Gasteiger partial charge in [0.1, 0.15) is 5.75 Å². The molecule has 5 fully saturated rings. The lowest BCUT2D eigenvalue weighted by Crippen LogP contribution is -2.48. The molecule has 7 heteroatoms. The van der Waals surface area contributed by atoms with Crippen LogP contribution in [0.15, 0.2) is 40.2 Å². The van der Waals surface area contributed by atoms with E-state index in [1.165, 1.54) is 38.1 Å². The fraction of sp³-hybridized carbons (Fsp3) is 0.484. The number of phenolic OH excluding ortho intramolecular Hbond substituents is 2. The molecule has 1 saturated heterocycles. The summed E-state index contributed by atoms with van der Waals surface area (Å²) in [6, 6.07) is 9.41. The van der Waals surface area contributed by atoms with Gasteiger partial charge in [0, 0.05) is 24.2 Å². The fourth-order valence-corrected chi connectivity index (χ4v) is 9.21. The number of ether oxygens (including phenoxy) is 1. The first-order valence-electron chi connectivity index (χ1n) is 13.9. The standard InChI is InChI=1S/C31H34N2O4S/c1-37-26-12-18(13-27-29(36)32-30(38-27)33-6-2-3-7-33)11-23(28(26)35)22-4-5-25(34)24(14-22)31-15-19-8-20(16-31)10-21(9-19)17-31/h4-5,11-14,19-21,34-35H,2-3,6-10,15-17H2,1H3/b27-13-. The van der Waals surface area contributed by atoms with Crippen LogP contribution in [0.5, 0.6) is 17.2 Å². The number of hydrogen-bond acceptors (Lipinski definition) is 6. The summed E-state index contributed by atoms with van der Waals surface area (Å²) >= 11 is 1.42. The van der Waals surface area contributed by atoms with E-state index in [9.17, 15) is 15.0 Å². The minimum absolute atomic E-state index is 0.0321. The zero-order valence-corrected chi connectivity index (χ0v) is 22.6. The number of nitrogens with zero attached hydrogens (tertiary/aromatic N) is 2. The third-order valence-electron chi connectivity index (χ3n) is 9.52. The van der Waals surface area contributed by atoms with E-state index in [0.29, 0.717) is 22.0 Å². The molecule has 2 aromatic rings. The highest BCUT2D eigenvalue weighted by Gasteiger charge is 2.52. The van der Waals surface area contributed by atoms with Crippen LogP contribution in [-0.2, 0) is 10.2 Å². The molecule has 1 amide bonds. The molecule has 4 saturated carbocycles. The number of likely N-dealkylation sites (tertiary alicyclic amines) is 1. The minimum atomic E-state index is -0.223. The van der Waals surface area contributed by atoms with Gasteiger partial charge in [-0.3, -0.25) is 4.79 Å². The van der Waals surface area contributed by atoms with Crippen LogP contribution in [0.3, 0.4) is 0 Å². The van der Waals surface area contributed by atoms with Gasteiger partial charge in [0.05, 0.1) is 12.0 Å². The zero-order chi connectivity index (χ0) is 26.0. The molecular formula is C31H34N2O4S. The van der Waals surface area contributed by atoms with Crippen molar-refractivity contribution >= 4 is 28.9 Å². The molecule has 4 bridgehead atoms. The zero-order valence-electron chi connectivity index (χ0n) is 21.8. The number of methoxy groups -OCH3 is 1. The molecule has 6 nitrogen and oxygen atoms in total. The van der Waals surface area contributed by atoms with Crippen LogP contribution in [0.2, 0.25) is 0 Å². The van der Waals surface area contributed by atoms with Crippen molar-refractivity contribution < 1.29 is 19.7 Å². The van der Waals surface area contributed by atoms with Crippen molar-refractivity contribution in [2.45, 2.75) is 56.8 Å². The molecule has 2 aromatic carbocycles. The Kier molecular flexibility index (Phi) is 5.76. The Morgan fingerprint density at radius 1 is 1.03 bits per heavy atom. The van der Waals surface area contributed by atoms with E-state index in [2.05, 4.69) is 16.0 Å². The predicted molar refractivity (Wildman–Crippen MR) is 150 cm³/mol. The molecule has 4 aliphatic carbocycles. The van der Waals surface area contributed by atoms with Crippen LogP contribution < -0.4 is 4.74 Å². The van der Waals surface area contributed by atoms with Crippen LogP contribution >= 0.6 is 11.8 Å². The lowest BCUT2D eigenvalue weighted by Gasteiger charge is -2.57. The summed E-state index contributed by atoms with van der Waals surface area (Å²) in [6.45, 7) is 1.88. The largest absolute Gasteiger partial charge is 0.508 e. The molecule has 0 unspecified atom stereocenters. The van der Waals surface area contributed by atoms with Gasteiger partial charge in [-0.25, -0.2) is 0 Å². The van der Waals surface area contributed by atoms with E-state index in [1.807, 2.05) is 18.2 Å². The van der Waals surface area contributed by atoms with Crippen LogP contribution in [0.25, 0.3) is 17.2 Å². The summed E-state index contributed by atoms with van der Waals surface area (Å²) in [6.07, 6.45) is 11.6. The van der Waals surface area contributed by atoms with Crippen molar-refractivity contribution in [3.63, 3.8) is 0 Å². The normalized spacial score (nSPS) is 30.9. The monoisotopic (exact) mass is 530 g/mol. The maximum absolute atomic E-state index is 12.7. The van der Waals surface area contributed by atoms with Gasteiger partial charge in [0.2, 0.25) is 0 Å². The van der Waals surface area contributed by atoms with E-state index in [4.69, 9.17) is 4.74 Å². The summed E-state index contributed by atoms with van der Waals surface area (Å²) in [7, 11) is 1.54. The van der Waals surface area contributed by atoms with E-state index in [-0.39, 0.29) is 17.1 Å². The number of rotatable bonds is 4. The Bertz CT molecular complexity index is 1340. The predicted octanol–water partition coefficient (Wildman–Crippen LogP) is 6.31.